The molecule has 1 N–H and O–H groups in total. The van der Waals surface area contributed by atoms with Crippen LogP contribution in [-0.4, -0.2) is 11.6 Å². The highest BCUT2D eigenvalue weighted by Crippen LogP contribution is 2.58. The van der Waals surface area contributed by atoms with Crippen molar-refractivity contribution in [1.29, 1.82) is 0 Å². The number of aryl methyl sites for hydroxylation is 1. The fraction of sp³-hybridized carbons (Fsp3) is 0.231. The van der Waals surface area contributed by atoms with Crippen molar-refractivity contribution in [1.82, 2.24) is 5.43 Å². The van der Waals surface area contributed by atoms with Crippen molar-refractivity contribution in [3.63, 3.8) is 0 Å². The van der Waals surface area contributed by atoms with Gasteiger partial charge in [-0.05, 0) is 42.0 Å². The van der Waals surface area contributed by atoms with E-state index in [-0.39, 0.29) is 17.2 Å². The van der Waals surface area contributed by atoms with E-state index in [1.165, 1.54) is 16.7 Å². The number of nitrogens with one attached hydrogen (secondary N) is 1. The van der Waals surface area contributed by atoms with Crippen LogP contribution in [-0.2, 0) is 16.6 Å². The van der Waals surface area contributed by atoms with Crippen LogP contribution in [0.3, 0.4) is 0 Å². The van der Waals surface area contributed by atoms with Gasteiger partial charge in [-0.15, -0.1) is 0 Å². The maximum Gasteiger partial charge on any atom is 0.244 e. The van der Waals surface area contributed by atoms with E-state index < -0.39 is 0 Å². The molecule has 1 saturated carbocycles. The monoisotopic (exact) mass is 382 g/mol. The topological polar surface area (TPSA) is 41.5 Å². The van der Waals surface area contributed by atoms with Gasteiger partial charge in [-0.3, -0.25) is 4.79 Å². The molecule has 3 aromatic carbocycles. The maximum atomic E-state index is 13.0. The third-order valence-electron chi connectivity index (χ3n) is 5.97. The number of hydrogen-bond acceptors (Lipinski definition) is 2. The Morgan fingerprint density at radius 3 is 2.00 bits per heavy atom. The van der Waals surface area contributed by atoms with Crippen LogP contribution < -0.4 is 5.43 Å². The molecule has 0 aliphatic heterocycles. The summed E-state index contributed by atoms with van der Waals surface area (Å²) in [6, 6.07) is 28.9. The second-order valence-electron chi connectivity index (χ2n) is 7.68. The van der Waals surface area contributed by atoms with Gasteiger partial charge in [-0.2, -0.15) is 5.10 Å². The molecule has 3 nitrogen and oxygen atoms in total. The van der Waals surface area contributed by atoms with E-state index in [1.807, 2.05) is 43.3 Å². The molecule has 1 amide bonds. The summed E-state index contributed by atoms with van der Waals surface area (Å²) >= 11 is 0. The molecule has 3 heteroatoms. The van der Waals surface area contributed by atoms with E-state index >= 15 is 0 Å². The van der Waals surface area contributed by atoms with E-state index in [4.69, 9.17) is 0 Å². The third kappa shape index (κ3) is 3.73. The summed E-state index contributed by atoms with van der Waals surface area (Å²) in [5, 5.41) is 4.38. The van der Waals surface area contributed by atoms with Crippen molar-refractivity contribution in [2.75, 3.05) is 0 Å². The van der Waals surface area contributed by atoms with Gasteiger partial charge in [0.1, 0.15) is 0 Å². The van der Waals surface area contributed by atoms with Crippen molar-refractivity contribution in [3.8, 4) is 0 Å². The van der Waals surface area contributed by atoms with Crippen molar-refractivity contribution in [2.24, 2.45) is 11.0 Å². The molecule has 1 aliphatic rings. The normalized spacial score (nSPS) is 17.6. The van der Waals surface area contributed by atoms with Crippen LogP contribution in [0.5, 0.6) is 0 Å². The number of amides is 1. The molecule has 29 heavy (non-hydrogen) atoms. The predicted molar refractivity (Wildman–Crippen MR) is 118 cm³/mol. The van der Waals surface area contributed by atoms with Crippen molar-refractivity contribution in [2.45, 2.75) is 32.1 Å². The first-order valence-electron chi connectivity index (χ1n) is 10.2. The zero-order valence-corrected chi connectivity index (χ0v) is 16.9. The fourth-order valence-corrected chi connectivity index (χ4v) is 4.12. The van der Waals surface area contributed by atoms with E-state index in [0.29, 0.717) is 0 Å². The number of hydrazone groups is 1. The minimum atomic E-state index is -0.265. The van der Waals surface area contributed by atoms with Gasteiger partial charge in [-0.25, -0.2) is 5.43 Å². The Labute approximate surface area is 172 Å². The van der Waals surface area contributed by atoms with Gasteiger partial charge in [-0.1, -0.05) is 91.9 Å². The largest absolute Gasteiger partial charge is 0.273 e. The molecule has 0 spiro atoms. The Morgan fingerprint density at radius 2 is 1.48 bits per heavy atom. The average molecular weight is 383 g/mol. The summed E-state index contributed by atoms with van der Waals surface area (Å²) in [5.41, 5.74) is 8.04. The summed E-state index contributed by atoms with van der Waals surface area (Å²) in [4.78, 5) is 13.0. The number of rotatable bonds is 6. The lowest BCUT2D eigenvalue weighted by Gasteiger charge is -2.18. The molecule has 0 bridgehead atoms. The Kier molecular flexibility index (Phi) is 5.30. The average Bonchev–Trinajstić information content (AvgIpc) is 3.56. The first-order chi connectivity index (χ1) is 14.1. The van der Waals surface area contributed by atoms with Gasteiger partial charge >= 0.3 is 0 Å². The Morgan fingerprint density at radius 1 is 0.931 bits per heavy atom. The zero-order chi connectivity index (χ0) is 20.3. The molecule has 0 saturated heterocycles. The molecular formula is C26H26N2O. The third-order valence-corrected chi connectivity index (χ3v) is 5.97. The second-order valence-corrected chi connectivity index (χ2v) is 7.68. The van der Waals surface area contributed by atoms with Crippen LogP contribution in [0, 0.1) is 5.92 Å². The Hall–Kier alpha value is -3.20. The van der Waals surface area contributed by atoms with Gasteiger partial charge in [0.15, 0.2) is 0 Å². The van der Waals surface area contributed by atoms with E-state index in [0.717, 1.165) is 24.1 Å². The zero-order valence-electron chi connectivity index (χ0n) is 16.9. The molecule has 3 aromatic rings. The molecule has 1 aliphatic carbocycles. The van der Waals surface area contributed by atoms with Crippen molar-refractivity contribution in [3.05, 3.63) is 107 Å². The Bertz CT molecular complexity index is 968. The quantitative estimate of drug-likeness (QED) is 0.468. The van der Waals surface area contributed by atoms with Gasteiger partial charge in [0, 0.05) is 5.41 Å². The van der Waals surface area contributed by atoms with Gasteiger partial charge in [0.25, 0.3) is 0 Å². The predicted octanol–water partition coefficient (Wildman–Crippen LogP) is 5.10. The minimum absolute atomic E-state index is 0.0257. The van der Waals surface area contributed by atoms with Crippen LogP contribution >= 0.6 is 0 Å². The first kappa shape index (κ1) is 19.1. The maximum absolute atomic E-state index is 13.0. The lowest BCUT2D eigenvalue weighted by atomic mass is 9.85. The molecule has 0 heterocycles. The van der Waals surface area contributed by atoms with Crippen LogP contribution in [0.4, 0.5) is 0 Å². The first-order valence-corrected chi connectivity index (χ1v) is 10.2. The molecule has 1 fully saturated rings. The lowest BCUT2D eigenvalue weighted by Crippen LogP contribution is -2.26. The number of carbonyl (C=O) groups excluding carboxylic acids is 1. The summed E-state index contributed by atoms with van der Waals surface area (Å²) in [6.07, 6.45) is 1.81. The lowest BCUT2D eigenvalue weighted by molar-refractivity contribution is -0.122. The molecular weight excluding hydrogens is 356 g/mol. The highest BCUT2D eigenvalue weighted by atomic mass is 16.2. The van der Waals surface area contributed by atoms with Gasteiger partial charge in [0.2, 0.25) is 5.91 Å². The number of nitrogens with zero attached hydrogens (tertiary/aromatic N) is 1. The molecule has 146 valence electrons. The summed E-state index contributed by atoms with van der Waals surface area (Å²) in [6.45, 7) is 4.06. The van der Waals surface area contributed by atoms with Crippen LogP contribution in [0.25, 0.3) is 0 Å². The molecule has 4 rings (SSSR count). The highest BCUT2D eigenvalue weighted by Gasteiger charge is 2.60. The molecule has 1 unspecified atom stereocenters. The van der Waals surface area contributed by atoms with Crippen LogP contribution in [0.2, 0.25) is 0 Å². The molecule has 0 radical (unpaired) electrons. The van der Waals surface area contributed by atoms with Gasteiger partial charge in [0.05, 0.1) is 11.6 Å². The molecule has 0 aromatic heterocycles. The number of carbonyl (C=O) groups is 1. The number of benzene rings is 3. The standard InChI is InChI=1S/C26H26N2O/c1-3-20-14-16-21(17-15-20)19(2)27-28-25(29)24-18-26(24,22-10-6-4-7-11-22)23-12-8-5-9-13-23/h4-17,24H,3,18H2,1-2H3,(H,28,29)/b27-19+. The van der Waals surface area contributed by atoms with E-state index in [1.54, 1.807) is 0 Å². The van der Waals surface area contributed by atoms with Crippen molar-refractivity contribution < 1.29 is 4.79 Å². The number of hydrogen-bond donors (Lipinski definition) is 1. The SMILES string of the molecule is CCc1ccc(/C(C)=N/NC(=O)C2CC2(c2ccccc2)c2ccccc2)cc1. The van der Waals surface area contributed by atoms with Crippen LogP contribution in [0.15, 0.2) is 90.0 Å². The fourth-order valence-electron chi connectivity index (χ4n) is 4.12. The molecule has 1 atom stereocenters. The minimum Gasteiger partial charge on any atom is -0.273 e. The smallest absolute Gasteiger partial charge is 0.244 e. The summed E-state index contributed by atoms with van der Waals surface area (Å²) < 4.78 is 0. The van der Waals surface area contributed by atoms with Crippen molar-refractivity contribution >= 4 is 11.6 Å². The van der Waals surface area contributed by atoms with E-state index in [9.17, 15) is 4.79 Å². The summed E-state index contributed by atoms with van der Waals surface area (Å²) in [5.74, 6) is -0.145. The van der Waals surface area contributed by atoms with Crippen LogP contribution in [0.1, 0.15) is 42.5 Å². The Balaban J connectivity index is 1.54. The van der Waals surface area contributed by atoms with E-state index in [2.05, 4.69) is 66.0 Å². The second kappa shape index (κ2) is 8.04. The van der Waals surface area contributed by atoms with Gasteiger partial charge < -0.3 is 0 Å². The summed E-state index contributed by atoms with van der Waals surface area (Å²) in [7, 11) is 0. The highest BCUT2D eigenvalue weighted by molar-refractivity contribution is 5.99.